The maximum Gasteiger partial charge on any atom is 0.243 e. The average molecular weight is 438 g/mol. The van der Waals surface area contributed by atoms with Crippen molar-refractivity contribution in [1.29, 1.82) is 0 Å². The molecule has 0 bridgehead atoms. The van der Waals surface area contributed by atoms with E-state index in [9.17, 15) is 8.42 Å². The van der Waals surface area contributed by atoms with Crippen molar-refractivity contribution in [3.05, 3.63) is 42.0 Å². The minimum Gasteiger partial charge on any atom is -0.497 e. The summed E-state index contributed by atoms with van der Waals surface area (Å²) in [4.78, 5) is 1.56. The Kier molecular flexibility index (Phi) is 7.06. The van der Waals surface area contributed by atoms with E-state index in [2.05, 4.69) is 0 Å². The summed E-state index contributed by atoms with van der Waals surface area (Å²) in [5.74, 6) is 2.62. The van der Waals surface area contributed by atoms with Gasteiger partial charge >= 0.3 is 0 Å². The molecule has 1 heterocycles. The topological polar surface area (TPSA) is 78.7 Å². The van der Waals surface area contributed by atoms with Crippen LogP contribution in [0.3, 0.4) is 0 Å². The van der Waals surface area contributed by atoms with E-state index >= 15 is 0 Å². The average Bonchev–Trinajstić information content (AvgIpc) is 2.79. The summed E-state index contributed by atoms with van der Waals surface area (Å²) in [6, 6.07) is 10.2. The smallest absolute Gasteiger partial charge is 0.243 e. The van der Waals surface area contributed by atoms with Crippen molar-refractivity contribution < 1.29 is 32.3 Å². The molecule has 0 unspecified atom stereocenters. The first-order valence-electron chi connectivity index (χ1n) is 9.69. The normalized spacial score (nSPS) is 15.6. The number of piperazine rings is 1. The van der Waals surface area contributed by atoms with Crippen molar-refractivity contribution in [3.8, 4) is 23.0 Å². The third-order valence-corrected chi connectivity index (χ3v) is 7.27. The van der Waals surface area contributed by atoms with Crippen LogP contribution in [0.15, 0.2) is 41.3 Å². The monoisotopic (exact) mass is 437 g/mol. The zero-order chi connectivity index (χ0) is 21.7. The zero-order valence-electron chi connectivity index (χ0n) is 17.8. The van der Waals surface area contributed by atoms with Gasteiger partial charge in [0.25, 0.3) is 0 Å². The Morgan fingerprint density at radius 2 is 1.40 bits per heavy atom. The van der Waals surface area contributed by atoms with E-state index in [0.717, 1.165) is 11.3 Å². The minimum atomic E-state index is -3.51. The van der Waals surface area contributed by atoms with Crippen molar-refractivity contribution >= 4 is 10.0 Å². The summed E-state index contributed by atoms with van der Waals surface area (Å²) in [5.41, 5.74) is 0.997. The molecule has 30 heavy (non-hydrogen) atoms. The lowest BCUT2D eigenvalue weighted by Gasteiger charge is -2.32. The first kappa shape index (κ1) is 22.2. The standard InChI is InChI=1S/C21H28N2O6S/c1-26-17-5-7-18(8-6-17)30(24,25)23-11-9-22(10-12-23)15-16-13-20(28-3)21(29-4)14-19(16)27-2/h5-8,13-14H,9-12,15H2,1-4H3/p+1. The van der Waals surface area contributed by atoms with Gasteiger partial charge in [0.2, 0.25) is 10.0 Å². The summed E-state index contributed by atoms with van der Waals surface area (Å²) in [7, 11) is 2.86. The number of sulfonamides is 1. The largest absolute Gasteiger partial charge is 0.497 e. The van der Waals surface area contributed by atoms with Crippen molar-refractivity contribution in [2.45, 2.75) is 11.4 Å². The molecule has 0 amide bonds. The molecule has 0 radical (unpaired) electrons. The van der Waals surface area contributed by atoms with E-state index in [0.29, 0.717) is 50.0 Å². The van der Waals surface area contributed by atoms with Crippen LogP contribution in [-0.4, -0.2) is 67.3 Å². The van der Waals surface area contributed by atoms with E-state index in [4.69, 9.17) is 18.9 Å². The van der Waals surface area contributed by atoms with Crippen LogP contribution in [0, 0.1) is 0 Å². The summed E-state index contributed by atoms with van der Waals surface area (Å²) < 4.78 is 48.8. The molecule has 1 aliphatic heterocycles. The molecule has 0 aromatic heterocycles. The molecule has 164 valence electrons. The van der Waals surface area contributed by atoms with E-state index in [1.54, 1.807) is 57.0 Å². The van der Waals surface area contributed by atoms with Gasteiger partial charge in [0.15, 0.2) is 11.5 Å². The van der Waals surface area contributed by atoms with Crippen LogP contribution in [0.25, 0.3) is 0 Å². The summed E-state index contributed by atoms with van der Waals surface area (Å²) in [6.07, 6.45) is 0. The number of quaternary nitrogens is 1. The van der Waals surface area contributed by atoms with Crippen LogP contribution >= 0.6 is 0 Å². The number of nitrogens with one attached hydrogen (secondary N) is 1. The highest BCUT2D eigenvalue weighted by atomic mass is 32.2. The molecular formula is C21H29N2O6S+. The maximum absolute atomic E-state index is 12.9. The lowest BCUT2D eigenvalue weighted by atomic mass is 10.1. The van der Waals surface area contributed by atoms with Gasteiger partial charge in [-0.15, -0.1) is 0 Å². The van der Waals surface area contributed by atoms with Crippen LogP contribution in [0.5, 0.6) is 23.0 Å². The Morgan fingerprint density at radius 3 is 1.93 bits per heavy atom. The second kappa shape index (κ2) is 9.55. The van der Waals surface area contributed by atoms with Crippen LogP contribution in [0.1, 0.15) is 5.56 Å². The van der Waals surface area contributed by atoms with Crippen LogP contribution in [-0.2, 0) is 16.6 Å². The number of methoxy groups -OCH3 is 4. The van der Waals surface area contributed by atoms with Gasteiger partial charge in [-0.3, -0.25) is 0 Å². The first-order valence-corrected chi connectivity index (χ1v) is 11.1. The quantitative estimate of drug-likeness (QED) is 0.659. The molecule has 8 nitrogen and oxygen atoms in total. The molecule has 1 fully saturated rings. The maximum atomic E-state index is 12.9. The molecule has 0 atom stereocenters. The van der Waals surface area contributed by atoms with E-state index in [1.165, 1.54) is 4.90 Å². The molecule has 0 aliphatic carbocycles. The Morgan fingerprint density at radius 1 is 0.833 bits per heavy atom. The van der Waals surface area contributed by atoms with Crippen molar-refractivity contribution in [2.24, 2.45) is 0 Å². The third-order valence-electron chi connectivity index (χ3n) is 5.35. The minimum absolute atomic E-state index is 0.285. The number of hydrogen-bond acceptors (Lipinski definition) is 6. The number of hydrogen-bond donors (Lipinski definition) is 1. The third kappa shape index (κ3) is 4.63. The fraction of sp³-hybridized carbons (Fsp3) is 0.429. The van der Waals surface area contributed by atoms with Gasteiger partial charge in [0, 0.05) is 6.07 Å². The predicted octanol–water partition coefficient (Wildman–Crippen LogP) is 0.810. The molecule has 0 spiro atoms. The molecule has 2 aromatic rings. The number of nitrogens with zero attached hydrogens (tertiary/aromatic N) is 1. The van der Waals surface area contributed by atoms with Gasteiger partial charge in [-0.1, -0.05) is 0 Å². The van der Waals surface area contributed by atoms with Gasteiger partial charge < -0.3 is 23.8 Å². The molecule has 2 aromatic carbocycles. The van der Waals surface area contributed by atoms with Gasteiger partial charge in [-0.05, 0) is 30.3 Å². The SMILES string of the molecule is COc1ccc(S(=O)(=O)N2CC[NH+](Cc3cc(OC)c(OC)cc3OC)CC2)cc1. The lowest BCUT2D eigenvalue weighted by Crippen LogP contribution is -3.13. The van der Waals surface area contributed by atoms with Crippen molar-refractivity contribution in [3.63, 3.8) is 0 Å². The fourth-order valence-corrected chi connectivity index (χ4v) is 5.06. The van der Waals surface area contributed by atoms with Crippen LogP contribution in [0.4, 0.5) is 0 Å². The van der Waals surface area contributed by atoms with Crippen molar-refractivity contribution in [1.82, 2.24) is 4.31 Å². The molecule has 1 aliphatic rings. The molecule has 9 heteroatoms. The second-order valence-corrected chi connectivity index (χ2v) is 8.96. The van der Waals surface area contributed by atoms with Crippen LogP contribution in [0.2, 0.25) is 0 Å². The fourth-order valence-electron chi connectivity index (χ4n) is 3.62. The highest BCUT2D eigenvalue weighted by molar-refractivity contribution is 7.89. The van der Waals surface area contributed by atoms with E-state index in [-0.39, 0.29) is 4.90 Å². The molecular weight excluding hydrogens is 408 g/mol. The summed E-state index contributed by atoms with van der Waals surface area (Å²) in [6.45, 7) is 3.03. The highest BCUT2D eigenvalue weighted by Crippen LogP contribution is 2.34. The Hall–Kier alpha value is -2.49. The Bertz CT molecular complexity index is 954. The molecule has 1 saturated heterocycles. The lowest BCUT2D eigenvalue weighted by molar-refractivity contribution is -0.917. The van der Waals surface area contributed by atoms with E-state index < -0.39 is 10.0 Å². The number of rotatable bonds is 8. The van der Waals surface area contributed by atoms with Crippen molar-refractivity contribution in [2.75, 3.05) is 54.6 Å². The van der Waals surface area contributed by atoms with Crippen LogP contribution < -0.4 is 23.8 Å². The van der Waals surface area contributed by atoms with E-state index in [1.807, 2.05) is 12.1 Å². The molecule has 0 saturated carbocycles. The summed E-state index contributed by atoms with van der Waals surface area (Å²) in [5, 5.41) is 0. The predicted molar refractivity (Wildman–Crippen MR) is 112 cm³/mol. The Labute approximate surface area is 178 Å². The van der Waals surface area contributed by atoms with Gasteiger partial charge in [0.1, 0.15) is 18.0 Å². The highest BCUT2D eigenvalue weighted by Gasteiger charge is 2.31. The number of benzene rings is 2. The molecule has 3 rings (SSSR count). The molecule has 1 N–H and O–H groups in total. The van der Waals surface area contributed by atoms with Gasteiger partial charge in [-0.2, -0.15) is 4.31 Å². The number of ether oxygens (including phenoxy) is 4. The second-order valence-electron chi connectivity index (χ2n) is 7.03. The zero-order valence-corrected chi connectivity index (χ0v) is 18.6. The Balaban J connectivity index is 1.68. The van der Waals surface area contributed by atoms with Gasteiger partial charge in [-0.25, -0.2) is 8.42 Å². The van der Waals surface area contributed by atoms with Gasteiger partial charge in [0.05, 0.1) is 65.1 Å². The summed E-state index contributed by atoms with van der Waals surface area (Å²) >= 11 is 0. The first-order chi connectivity index (χ1) is 14.4.